The zero-order valence-electron chi connectivity index (χ0n) is 14.8. The first-order valence-electron chi connectivity index (χ1n) is 8.77. The van der Waals surface area contributed by atoms with Crippen molar-refractivity contribution in [2.75, 3.05) is 13.6 Å². The lowest BCUT2D eigenvalue weighted by Crippen LogP contribution is -2.18. The Hall–Kier alpha value is -2.73. The molecule has 138 valence electrons. The summed E-state index contributed by atoms with van der Waals surface area (Å²) < 4.78 is 42.5. The summed E-state index contributed by atoms with van der Waals surface area (Å²) in [6.45, 7) is 1.16. The fraction of sp³-hybridized carbons (Fsp3) is 0.238. The van der Waals surface area contributed by atoms with Crippen LogP contribution < -0.4 is 0 Å². The quantitative estimate of drug-likeness (QED) is 0.665. The molecule has 2 aromatic carbocycles. The summed E-state index contributed by atoms with van der Waals surface area (Å²) >= 11 is 0. The van der Waals surface area contributed by atoms with Gasteiger partial charge < -0.3 is 4.90 Å². The number of fused-ring (bicyclic) bond motifs is 1. The highest BCUT2D eigenvalue weighted by Gasteiger charge is 2.27. The molecule has 0 spiro atoms. The van der Waals surface area contributed by atoms with E-state index in [2.05, 4.69) is 10.2 Å². The Morgan fingerprint density at radius 2 is 1.89 bits per heavy atom. The molecular weight excluding hydrogens is 351 g/mol. The molecule has 0 radical (unpaired) electrons. The van der Waals surface area contributed by atoms with E-state index in [4.69, 9.17) is 0 Å². The van der Waals surface area contributed by atoms with Crippen molar-refractivity contribution in [3.05, 3.63) is 82.8 Å². The van der Waals surface area contributed by atoms with Gasteiger partial charge in [-0.15, -0.1) is 0 Å². The lowest BCUT2D eigenvalue weighted by Gasteiger charge is -2.19. The smallest absolute Gasteiger partial charge is 0.159 e. The molecule has 0 fully saturated rings. The van der Waals surface area contributed by atoms with E-state index in [0.717, 1.165) is 18.2 Å². The van der Waals surface area contributed by atoms with Crippen LogP contribution in [0.5, 0.6) is 0 Å². The first-order valence-corrected chi connectivity index (χ1v) is 8.77. The molecule has 1 unspecified atom stereocenters. The number of benzene rings is 2. The van der Waals surface area contributed by atoms with Gasteiger partial charge in [-0.05, 0) is 61.5 Å². The van der Waals surface area contributed by atoms with Crippen LogP contribution in [0, 0.1) is 17.5 Å². The SMILES string of the molecule is CN1CCC(c2ccc(F)c(F)c2)c2ccc(-c3cccnn3)c(F)c2C1. The number of nitrogens with zero attached hydrogens (tertiary/aromatic N) is 3. The van der Waals surface area contributed by atoms with Gasteiger partial charge in [0, 0.05) is 29.8 Å². The molecule has 0 saturated heterocycles. The molecule has 0 saturated carbocycles. The molecule has 2 heterocycles. The van der Waals surface area contributed by atoms with Gasteiger partial charge in [-0.25, -0.2) is 13.2 Å². The van der Waals surface area contributed by atoms with Gasteiger partial charge in [0.25, 0.3) is 0 Å². The van der Waals surface area contributed by atoms with Gasteiger partial charge in [0.15, 0.2) is 11.6 Å². The molecule has 1 aromatic heterocycles. The van der Waals surface area contributed by atoms with Gasteiger partial charge in [-0.2, -0.15) is 10.2 Å². The van der Waals surface area contributed by atoms with Crippen LogP contribution in [0.1, 0.15) is 29.0 Å². The van der Waals surface area contributed by atoms with Crippen molar-refractivity contribution in [1.82, 2.24) is 15.1 Å². The minimum atomic E-state index is -0.886. The van der Waals surface area contributed by atoms with Crippen LogP contribution in [0.25, 0.3) is 11.3 Å². The molecule has 1 aliphatic rings. The maximum absolute atomic E-state index is 15.4. The first-order chi connectivity index (χ1) is 13.0. The predicted molar refractivity (Wildman–Crippen MR) is 96.6 cm³/mol. The van der Waals surface area contributed by atoms with Crippen molar-refractivity contribution in [2.24, 2.45) is 0 Å². The molecule has 0 aliphatic carbocycles. The Morgan fingerprint density at radius 1 is 1.04 bits per heavy atom. The first kappa shape index (κ1) is 17.7. The summed E-state index contributed by atoms with van der Waals surface area (Å²) in [5.74, 6) is -2.31. The zero-order valence-corrected chi connectivity index (χ0v) is 14.8. The van der Waals surface area contributed by atoms with Crippen LogP contribution in [-0.2, 0) is 6.54 Å². The molecule has 3 aromatic rings. The minimum Gasteiger partial charge on any atom is -0.302 e. The summed E-state index contributed by atoms with van der Waals surface area (Å²) in [4.78, 5) is 2.03. The second kappa shape index (κ2) is 7.12. The van der Waals surface area contributed by atoms with Crippen LogP contribution >= 0.6 is 0 Å². The van der Waals surface area contributed by atoms with Gasteiger partial charge in [0.05, 0.1) is 5.69 Å². The zero-order chi connectivity index (χ0) is 19.0. The number of rotatable bonds is 2. The van der Waals surface area contributed by atoms with Crippen molar-refractivity contribution < 1.29 is 13.2 Å². The number of halogens is 3. The van der Waals surface area contributed by atoms with E-state index in [1.807, 2.05) is 18.0 Å². The highest BCUT2D eigenvalue weighted by molar-refractivity contribution is 5.62. The van der Waals surface area contributed by atoms with Gasteiger partial charge in [-0.1, -0.05) is 12.1 Å². The summed E-state index contributed by atoms with van der Waals surface area (Å²) in [6.07, 6.45) is 2.23. The molecule has 27 heavy (non-hydrogen) atoms. The average molecular weight is 369 g/mol. The molecule has 1 atom stereocenters. The van der Waals surface area contributed by atoms with Crippen molar-refractivity contribution in [2.45, 2.75) is 18.9 Å². The maximum Gasteiger partial charge on any atom is 0.159 e. The van der Waals surface area contributed by atoms with Gasteiger partial charge >= 0.3 is 0 Å². The van der Waals surface area contributed by atoms with Crippen LogP contribution in [0.2, 0.25) is 0 Å². The lowest BCUT2D eigenvalue weighted by molar-refractivity contribution is 0.324. The number of aromatic nitrogens is 2. The minimum absolute atomic E-state index is 0.203. The summed E-state index contributed by atoms with van der Waals surface area (Å²) in [7, 11) is 1.92. The van der Waals surface area contributed by atoms with E-state index in [0.29, 0.717) is 35.3 Å². The molecule has 1 aliphatic heterocycles. The van der Waals surface area contributed by atoms with Gasteiger partial charge in [0.1, 0.15) is 5.82 Å². The Morgan fingerprint density at radius 3 is 2.63 bits per heavy atom. The van der Waals surface area contributed by atoms with Crippen LogP contribution in [0.15, 0.2) is 48.7 Å². The van der Waals surface area contributed by atoms with Crippen molar-refractivity contribution >= 4 is 0 Å². The largest absolute Gasteiger partial charge is 0.302 e. The van der Waals surface area contributed by atoms with Gasteiger partial charge in [0.2, 0.25) is 0 Å². The Labute approximate surface area is 155 Å². The lowest BCUT2D eigenvalue weighted by atomic mass is 9.85. The molecule has 0 bridgehead atoms. The third-order valence-electron chi connectivity index (χ3n) is 5.08. The van der Waals surface area contributed by atoms with E-state index in [9.17, 15) is 8.78 Å². The van der Waals surface area contributed by atoms with Crippen LogP contribution in [-0.4, -0.2) is 28.7 Å². The second-order valence-electron chi connectivity index (χ2n) is 6.86. The molecule has 4 rings (SSSR count). The number of hydrogen-bond acceptors (Lipinski definition) is 3. The highest BCUT2D eigenvalue weighted by atomic mass is 19.2. The van der Waals surface area contributed by atoms with Crippen molar-refractivity contribution in [3.8, 4) is 11.3 Å². The summed E-state index contributed by atoms with van der Waals surface area (Å²) in [5.41, 5.74) is 2.87. The summed E-state index contributed by atoms with van der Waals surface area (Å²) in [6, 6.07) is 10.9. The summed E-state index contributed by atoms with van der Waals surface area (Å²) in [5, 5.41) is 7.83. The standard InChI is InChI=1S/C21H18F3N3/c1-27-10-8-14(13-4-7-18(22)19(23)11-13)15-5-6-16(21(24)17(15)12-27)20-3-2-9-25-26-20/h2-7,9,11,14H,8,10,12H2,1H3. The van der Waals surface area contributed by atoms with Crippen molar-refractivity contribution in [1.29, 1.82) is 0 Å². The fourth-order valence-corrected chi connectivity index (χ4v) is 3.70. The Balaban J connectivity index is 1.85. The topological polar surface area (TPSA) is 29.0 Å². The van der Waals surface area contributed by atoms with Crippen LogP contribution in [0.4, 0.5) is 13.2 Å². The monoisotopic (exact) mass is 369 g/mol. The van der Waals surface area contributed by atoms with E-state index in [-0.39, 0.29) is 11.7 Å². The average Bonchev–Trinajstić information content (AvgIpc) is 2.84. The molecule has 0 amide bonds. The second-order valence-corrected chi connectivity index (χ2v) is 6.86. The maximum atomic E-state index is 15.4. The number of hydrogen-bond donors (Lipinski definition) is 0. The van der Waals surface area contributed by atoms with E-state index in [1.165, 1.54) is 12.3 Å². The Bertz CT molecular complexity index is 976. The molecule has 0 N–H and O–H groups in total. The molecular formula is C21H18F3N3. The van der Waals surface area contributed by atoms with E-state index < -0.39 is 11.6 Å². The Kier molecular flexibility index (Phi) is 4.66. The fourth-order valence-electron chi connectivity index (χ4n) is 3.70. The van der Waals surface area contributed by atoms with E-state index >= 15 is 4.39 Å². The third-order valence-corrected chi connectivity index (χ3v) is 5.08. The molecule has 6 heteroatoms. The van der Waals surface area contributed by atoms with Crippen molar-refractivity contribution in [3.63, 3.8) is 0 Å². The van der Waals surface area contributed by atoms with Gasteiger partial charge in [-0.3, -0.25) is 0 Å². The van der Waals surface area contributed by atoms with Crippen LogP contribution in [0.3, 0.4) is 0 Å². The highest BCUT2D eigenvalue weighted by Crippen LogP contribution is 2.37. The molecule has 3 nitrogen and oxygen atoms in total. The predicted octanol–water partition coefficient (Wildman–Crippen LogP) is 4.53. The van der Waals surface area contributed by atoms with E-state index in [1.54, 1.807) is 24.3 Å². The normalized spacial score (nSPS) is 17.4. The third kappa shape index (κ3) is 3.32.